The number of aromatic nitrogens is 2. The maximum absolute atomic E-state index is 11.9. The molecule has 8 heteroatoms. The number of rotatable bonds is 7. The number of hydrogen-bond donors (Lipinski definition) is 1. The van der Waals surface area contributed by atoms with Gasteiger partial charge in [0, 0.05) is 40.8 Å². The van der Waals surface area contributed by atoms with Crippen molar-refractivity contribution >= 4 is 5.91 Å². The zero-order valence-corrected chi connectivity index (χ0v) is 15.2. The minimum atomic E-state index is -0.629. The first-order chi connectivity index (χ1) is 11.4. The lowest BCUT2D eigenvalue weighted by atomic mass is 9.97. The van der Waals surface area contributed by atoms with Crippen LogP contribution in [0.1, 0.15) is 17.7 Å². The lowest BCUT2D eigenvalue weighted by Crippen LogP contribution is -2.55. The molecular weight excluding hydrogens is 312 g/mol. The first kappa shape index (κ1) is 18.7. The quantitative estimate of drug-likeness (QED) is 0.758. The Morgan fingerprint density at radius 1 is 1.46 bits per heavy atom. The smallest absolute Gasteiger partial charge is 0.222 e. The van der Waals surface area contributed by atoms with Crippen LogP contribution in [0.3, 0.4) is 0 Å². The van der Waals surface area contributed by atoms with E-state index >= 15 is 0 Å². The zero-order chi connectivity index (χ0) is 17.7. The standard InChI is InChI=1S/C16H28N4O4/c1-12-13(15(23-5)19(3)18-12)9-20-6-7-24-16(10-20,11-22-4)8-14(21)17-2/h6-11H2,1-5H3,(H,17,21). The van der Waals surface area contributed by atoms with Crippen LogP contribution >= 0.6 is 0 Å². The Kier molecular flexibility index (Phi) is 6.20. The minimum Gasteiger partial charge on any atom is -0.481 e. The fourth-order valence-electron chi connectivity index (χ4n) is 3.29. The Morgan fingerprint density at radius 2 is 2.21 bits per heavy atom. The summed E-state index contributed by atoms with van der Waals surface area (Å²) in [5.41, 5.74) is 1.38. The van der Waals surface area contributed by atoms with Crippen LogP contribution in [0, 0.1) is 6.92 Å². The van der Waals surface area contributed by atoms with Gasteiger partial charge < -0.3 is 19.5 Å². The molecule has 0 spiro atoms. The summed E-state index contributed by atoms with van der Waals surface area (Å²) in [5, 5.41) is 7.09. The van der Waals surface area contributed by atoms with Gasteiger partial charge in [-0.25, -0.2) is 4.68 Å². The largest absolute Gasteiger partial charge is 0.481 e. The van der Waals surface area contributed by atoms with Gasteiger partial charge in [-0.05, 0) is 6.92 Å². The molecule has 1 fully saturated rings. The Labute approximate surface area is 143 Å². The second-order valence-corrected chi connectivity index (χ2v) is 6.22. The van der Waals surface area contributed by atoms with E-state index < -0.39 is 5.60 Å². The Morgan fingerprint density at radius 3 is 2.83 bits per heavy atom. The Bertz CT molecular complexity index is 571. The van der Waals surface area contributed by atoms with Crippen LogP contribution in [-0.4, -0.2) is 73.8 Å². The van der Waals surface area contributed by atoms with E-state index in [0.29, 0.717) is 26.3 Å². The topological polar surface area (TPSA) is 77.9 Å². The third-order valence-electron chi connectivity index (χ3n) is 4.36. The van der Waals surface area contributed by atoms with Crippen molar-refractivity contribution in [1.82, 2.24) is 20.0 Å². The van der Waals surface area contributed by atoms with Crippen LogP contribution in [0.4, 0.5) is 0 Å². The molecule has 2 rings (SSSR count). The highest BCUT2D eigenvalue weighted by Gasteiger charge is 2.39. The monoisotopic (exact) mass is 340 g/mol. The number of ether oxygens (including phenoxy) is 3. The van der Waals surface area contributed by atoms with Crippen LogP contribution in [0.25, 0.3) is 0 Å². The Hall–Kier alpha value is -1.64. The molecule has 0 saturated carbocycles. The molecule has 8 nitrogen and oxygen atoms in total. The number of hydrogen-bond acceptors (Lipinski definition) is 6. The molecule has 1 aliphatic rings. The van der Waals surface area contributed by atoms with E-state index in [1.165, 1.54) is 0 Å². The van der Waals surface area contributed by atoms with Crippen molar-refractivity contribution in [2.24, 2.45) is 7.05 Å². The average Bonchev–Trinajstić information content (AvgIpc) is 2.81. The molecule has 0 bridgehead atoms. The summed E-state index contributed by atoms with van der Waals surface area (Å²) < 4.78 is 18.5. The highest BCUT2D eigenvalue weighted by molar-refractivity contribution is 5.76. The van der Waals surface area contributed by atoms with Gasteiger partial charge in [-0.15, -0.1) is 0 Å². The molecule has 1 aromatic rings. The Balaban J connectivity index is 2.15. The molecule has 2 heterocycles. The van der Waals surface area contributed by atoms with Gasteiger partial charge in [0.2, 0.25) is 11.8 Å². The maximum atomic E-state index is 11.9. The molecule has 1 aliphatic heterocycles. The lowest BCUT2D eigenvalue weighted by molar-refractivity contribution is -0.156. The molecule has 1 atom stereocenters. The molecule has 0 radical (unpaired) electrons. The number of amides is 1. The molecule has 1 aromatic heterocycles. The van der Waals surface area contributed by atoms with Gasteiger partial charge in [0.05, 0.1) is 38.0 Å². The number of methoxy groups -OCH3 is 2. The van der Waals surface area contributed by atoms with Crippen LogP contribution in [0.15, 0.2) is 0 Å². The van der Waals surface area contributed by atoms with E-state index in [4.69, 9.17) is 14.2 Å². The van der Waals surface area contributed by atoms with E-state index in [1.807, 2.05) is 14.0 Å². The first-order valence-electron chi connectivity index (χ1n) is 8.07. The van der Waals surface area contributed by atoms with E-state index in [9.17, 15) is 4.79 Å². The summed E-state index contributed by atoms with van der Waals surface area (Å²) in [4.78, 5) is 14.1. The number of nitrogens with zero attached hydrogens (tertiary/aromatic N) is 3. The van der Waals surface area contributed by atoms with E-state index in [-0.39, 0.29) is 12.3 Å². The second-order valence-electron chi connectivity index (χ2n) is 6.22. The summed E-state index contributed by atoms with van der Waals surface area (Å²) >= 11 is 0. The predicted molar refractivity (Wildman–Crippen MR) is 89.0 cm³/mol. The number of carbonyl (C=O) groups is 1. The molecule has 0 aromatic carbocycles. The summed E-state index contributed by atoms with van der Waals surface area (Å²) in [6.45, 7) is 5.02. The van der Waals surface area contributed by atoms with Crippen LogP contribution in [-0.2, 0) is 27.9 Å². The van der Waals surface area contributed by atoms with Gasteiger partial charge in [-0.1, -0.05) is 0 Å². The predicted octanol–water partition coefficient (Wildman–Crippen LogP) is 0.0906. The number of nitrogens with one attached hydrogen (secondary N) is 1. The number of carbonyl (C=O) groups excluding carboxylic acids is 1. The molecule has 0 aliphatic carbocycles. The lowest BCUT2D eigenvalue weighted by Gasteiger charge is -2.42. The molecule has 24 heavy (non-hydrogen) atoms. The van der Waals surface area contributed by atoms with Crippen LogP contribution in [0.2, 0.25) is 0 Å². The van der Waals surface area contributed by atoms with Crippen molar-refractivity contribution in [3.05, 3.63) is 11.3 Å². The van der Waals surface area contributed by atoms with Gasteiger partial charge in [-0.3, -0.25) is 9.69 Å². The molecular formula is C16H28N4O4. The maximum Gasteiger partial charge on any atom is 0.222 e. The van der Waals surface area contributed by atoms with E-state index in [2.05, 4.69) is 15.3 Å². The van der Waals surface area contributed by atoms with Crippen molar-refractivity contribution in [2.75, 3.05) is 47.6 Å². The van der Waals surface area contributed by atoms with Crippen molar-refractivity contribution in [3.63, 3.8) is 0 Å². The van der Waals surface area contributed by atoms with E-state index in [0.717, 1.165) is 23.7 Å². The highest BCUT2D eigenvalue weighted by Crippen LogP contribution is 2.27. The van der Waals surface area contributed by atoms with Crippen molar-refractivity contribution in [3.8, 4) is 5.88 Å². The van der Waals surface area contributed by atoms with Gasteiger partial charge >= 0.3 is 0 Å². The molecule has 136 valence electrons. The van der Waals surface area contributed by atoms with E-state index in [1.54, 1.807) is 25.9 Å². The summed E-state index contributed by atoms with van der Waals surface area (Å²) in [5.74, 6) is 0.715. The van der Waals surface area contributed by atoms with Crippen molar-refractivity contribution in [2.45, 2.75) is 25.5 Å². The normalized spacial score (nSPS) is 21.7. The van der Waals surface area contributed by atoms with Crippen LogP contribution < -0.4 is 10.1 Å². The summed E-state index contributed by atoms with van der Waals surface area (Å²) in [7, 11) is 6.78. The second kappa shape index (κ2) is 7.96. The summed E-state index contributed by atoms with van der Waals surface area (Å²) in [6, 6.07) is 0. The molecule has 1 N–H and O–H groups in total. The van der Waals surface area contributed by atoms with Gasteiger partial charge in [0.25, 0.3) is 0 Å². The van der Waals surface area contributed by atoms with Crippen molar-refractivity contribution < 1.29 is 19.0 Å². The minimum absolute atomic E-state index is 0.0518. The van der Waals surface area contributed by atoms with Gasteiger partial charge in [-0.2, -0.15) is 5.10 Å². The molecule has 1 saturated heterocycles. The fraction of sp³-hybridized carbons (Fsp3) is 0.750. The SMILES string of the molecule is CNC(=O)CC1(COC)CN(Cc2c(C)nn(C)c2OC)CCO1. The fourth-order valence-corrected chi connectivity index (χ4v) is 3.29. The third kappa shape index (κ3) is 4.06. The summed E-state index contributed by atoms with van der Waals surface area (Å²) in [6.07, 6.45) is 0.275. The number of aryl methyl sites for hydroxylation is 2. The average molecular weight is 340 g/mol. The highest BCUT2D eigenvalue weighted by atomic mass is 16.5. The first-order valence-corrected chi connectivity index (χ1v) is 8.07. The number of morpholine rings is 1. The van der Waals surface area contributed by atoms with Crippen LogP contribution in [0.5, 0.6) is 5.88 Å². The van der Waals surface area contributed by atoms with Gasteiger partial charge in [0.15, 0.2) is 0 Å². The molecule has 1 unspecified atom stereocenters. The van der Waals surface area contributed by atoms with Gasteiger partial charge in [0.1, 0.15) is 5.60 Å². The van der Waals surface area contributed by atoms with Crippen molar-refractivity contribution in [1.29, 1.82) is 0 Å². The zero-order valence-electron chi connectivity index (χ0n) is 15.2. The third-order valence-corrected chi connectivity index (χ3v) is 4.36. The molecule has 1 amide bonds.